The van der Waals surface area contributed by atoms with Gasteiger partial charge in [-0.1, -0.05) is 24.3 Å². The van der Waals surface area contributed by atoms with Crippen LogP contribution < -0.4 is 14.8 Å². The molecular weight excluding hydrogens is 388 g/mol. The summed E-state index contributed by atoms with van der Waals surface area (Å²) in [5, 5.41) is 9.58. The lowest BCUT2D eigenvalue weighted by Gasteiger charge is -2.19. The SMILES string of the molecule is COc1cc(NC([CH]c2c[nH]c3ccccc23)c2cc3ccccn3n2)cc(OC)c1. The smallest absolute Gasteiger partial charge is 0.124 e. The molecule has 0 aliphatic heterocycles. The van der Waals surface area contributed by atoms with Crippen molar-refractivity contribution in [2.75, 3.05) is 19.5 Å². The van der Waals surface area contributed by atoms with Gasteiger partial charge < -0.3 is 19.8 Å². The second kappa shape index (κ2) is 8.07. The molecular formula is C25H23N4O2. The number of pyridine rings is 1. The molecule has 0 aliphatic rings. The van der Waals surface area contributed by atoms with Gasteiger partial charge in [-0.25, -0.2) is 4.52 Å². The lowest BCUT2D eigenvalue weighted by molar-refractivity contribution is 0.394. The van der Waals surface area contributed by atoms with E-state index in [9.17, 15) is 0 Å². The fraction of sp³-hybridized carbons (Fsp3) is 0.120. The van der Waals surface area contributed by atoms with Crippen LogP contribution in [0.3, 0.4) is 0 Å². The number of nitrogens with one attached hydrogen (secondary N) is 2. The monoisotopic (exact) mass is 411 g/mol. The van der Waals surface area contributed by atoms with Gasteiger partial charge in [0.2, 0.25) is 0 Å². The van der Waals surface area contributed by atoms with E-state index in [1.54, 1.807) is 14.2 Å². The maximum atomic E-state index is 5.44. The molecule has 1 atom stereocenters. The molecule has 0 fully saturated rings. The molecule has 6 nitrogen and oxygen atoms in total. The Labute approximate surface area is 180 Å². The van der Waals surface area contributed by atoms with Gasteiger partial charge in [-0.15, -0.1) is 0 Å². The molecule has 0 bridgehead atoms. The summed E-state index contributed by atoms with van der Waals surface area (Å²) in [6, 6.07) is 22.0. The number of hydrogen-bond donors (Lipinski definition) is 2. The van der Waals surface area contributed by atoms with E-state index in [2.05, 4.69) is 34.9 Å². The molecule has 155 valence electrons. The maximum absolute atomic E-state index is 5.44. The number of fused-ring (bicyclic) bond motifs is 2. The van der Waals surface area contributed by atoms with E-state index in [0.717, 1.165) is 39.5 Å². The van der Waals surface area contributed by atoms with Crippen LogP contribution in [0.15, 0.2) is 79.1 Å². The predicted octanol–water partition coefficient (Wildman–Crippen LogP) is 5.24. The van der Waals surface area contributed by atoms with Crippen molar-refractivity contribution < 1.29 is 9.47 Å². The van der Waals surface area contributed by atoms with Gasteiger partial charge in [0, 0.05) is 53.6 Å². The molecule has 31 heavy (non-hydrogen) atoms. The number of para-hydroxylation sites is 1. The van der Waals surface area contributed by atoms with E-state index >= 15 is 0 Å². The van der Waals surface area contributed by atoms with Crippen molar-refractivity contribution in [3.8, 4) is 11.5 Å². The van der Waals surface area contributed by atoms with Crippen LogP contribution in [-0.2, 0) is 0 Å². The molecule has 0 spiro atoms. The number of nitrogens with zero attached hydrogens (tertiary/aromatic N) is 2. The summed E-state index contributed by atoms with van der Waals surface area (Å²) in [5.41, 5.74) is 5.05. The van der Waals surface area contributed by atoms with Gasteiger partial charge >= 0.3 is 0 Å². The first-order valence-corrected chi connectivity index (χ1v) is 10.1. The number of aromatic nitrogens is 3. The Morgan fingerprint density at radius 3 is 2.52 bits per heavy atom. The van der Waals surface area contributed by atoms with Crippen LogP contribution in [0, 0.1) is 6.42 Å². The Bertz CT molecular complexity index is 1280. The summed E-state index contributed by atoms with van der Waals surface area (Å²) >= 11 is 0. The highest BCUT2D eigenvalue weighted by Crippen LogP contribution is 2.32. The highest BCUT2D eigenvalue weighted by molar-refractivity contribution is 5.84. The molecule has 0 amide bonds. The van der Waals surface area contributed by atoms with Gasteiger partial charge in [0.15, 0.2) is 0 Å². The van der Waals surface area contributed by atoms with Crippen molar-refractivity contribution in [3.05, 3.63) is 96.8 Å². The minimum Gasteiger partial charge on any atom is -0.497 e. The highest BCUT2D eigenvalue weighted by atomic mass is 16.5. The van der Waals surface area contributed by atoms with Crippen LogP contribution in [-0.4, -0.2) is 28.8 Å². The highest BCUT2D eigenvalue weighted by Gasteiger charge is 2.19. The van der Waals surface area contributed by atoms with Gasteiger partial charge in [-0.3, -0.25) is 0 Å². The fourth-order valence-corrected chi connectivity index (χ4v) is 3.79. The van der Waals surface area contributed by atoms with Gasteiger partial charge in [0.1, 0.15) is 11.5 Å². The molecule has 0 aliphatic carbocycles. The van der Waals surface area contributed by atoms with Gasteiger partial charge in [-0.2, -0.15) is 5.10 Å². The summed E-state index contributed by atoms with van der Waals surface area (Å²) in [6.07, 6.45) is 6.17. The Hall–Kier alpha value is -3.93. The molecule has 0 saturated carbocycles. The zero-order valence-corrected chi connectivity index (χ0v) is 17.4. The standard InChI is InChI=1S/C25H23N4O2/c1-30-20-12-18(13-21(15-20)31-2)27-24(25-14-19-7-5-6-10-29(19)28-25)11-17-16-26-23-9-4-3-8-22(17)23/h3-16,24,26-27H,1-2H3. The third kappa shape index (κ3) is 3.80. The van der Waals surface area contributed by atoms with Crippen molar-refractivity contribution >= 4 is 22.1 Å². The Morgan fingerprint density at radius 1 is 0.968 bits per heavy atom. The Balaban J connectivity index is 1.55. The van der Waals surface area contributed by atoms with E-state index in [1.807, 2.05) is 65.4 Å². The topological polar surface area (TPSA) is 63.6 Å². The molecule has 2 N–H and O–H groups in total. The number of anilines is 1. The molecule has 6 heteroatoms. The van der Waals surface area contributed by atoms with Crippen LogP contribution in [0.2, 0.25) is 0 Å². The summed E-state index contributed by atoms with van der Waals surface area (Å²) in [7, 11) is 3.30. The van der Waals surface area contributed by atoms with Crippen molar-refractivity contribution in [1.82, 2.24) is 14.6 Å². The van der Waals surface area contributed by atoms with E-state index in [0.29, 0.717) is 0 Å². The minimum absolute atomic E-state index is 0.170. The van der Waals surface area contributed by atoms with Crippen LogP contribution in [0.1, 0.15) is 17.3 Å². The summed E-state index contributed by atoms with van der Waals surface area (Å²) in [5.74, 6) is 1.45. The Morgan fingerprint density at radius 2 is 1.74 bits per heavy atom. The maximum Gasteiger partial charge on any atom is 0.124 e. The number of rotatable bonds is 7. The van der Waals surface area contributed by atoms with Crippen molar-refractivity contribution in [2.45, 2.75) is 6.04 Å². The quantitative estimate of drug-likeness (QED) is 0.384. The van der Waals surface area contributed by atoms with Crippen molar-refractivity contribution in [1.29, 1.82) is 0 Å². The number of aromatic amines is 1. The second-order valence-electron chi connectivity index (χ2n) is 7.32. The van der Waals surface area contributed by atoms with E-state index in [1.165, 1.54) is 5.39 Å². The molecule has 3 aromatic heterocycles. The molecule has 1 unspecified atom stereocenters. The summed E-state index contributed by atoms with van der Waals surface area (Å²) < 4.78 is 12.8. The van der Waals surface area contributed by atoms with Crippen LogP contribution >= 0.6 is 0 Å². The van der Waals surface area contributed by atoms with Crippen molar-refractivity contribution in [3.63, 3.8) is 0 Å². The molecule has 5 aromatic rings. The molecule has 3 heterocycles. The van der Waals surface area contributed by atoms with E-state index in [4.69, 9.17) is 14.6 Å². The van der Waals surface area contributed by atoms with Gasteiger partial charge in [0.05, 0.1) is 31.5 Å². The van der Waals surface area contributed by atoms with Crippen molar-refractivity contribution in [2.24, 2.45) is 0 Å². The molecule has 2 aromatic carbocycles. The number of H-pyrrole nitrogens is 1. The van der Waals surface area contributed by atoms with E-state index in [-0.39, 0.29) is 6.04 Å². The lowest BCUT2D eigenvalue weighted by atomic mass is 10.0. The summed E-state index contributed by atoms with van der Waals surface area (Å²) in [4.78, 5) is 3.35. The van der Waals surface area contributed by atoms with Crippen LogP contribution in [0.5, 0.6) is 11.5 Å². The predicted molar refractivity (Wildman–Crippen MR) is 123 cm³/mol. The first-order chi connectivity index (χ1) is 15.2. The third-order valence-electron chi connectivity index (χ3n) is 5.35. The number of hydrogen-bond acceptors (Lipinski definition) is 4. The average molecular weight is 411 g/mol. The fourth-order valence-electron chi connectivity index (χ4n) is 3.79. The first kappa shape index (κ1) is 19.1. The minimum atomic E-state index is -0.170. The second-order valence-corrected chi connectivity index (χ2v) is 7.32. The molecule has 5 rings (SSSR count). The zero-order chi connectivity index (χ0) is 21.2. The first-order valence-electron chi connectivity index (χ1n) is 10.1. The van der Waals surface area contributed by atoms with E-state index < -0.39 is 0 Å². The molecule has 1 radical (unpaired) electrons. The largest absolute Gasteiger partial charge is 0.497 e. The average Bonchev–Trinajstić information content (AvgIpc) is 3.42. The third-order valence-corrected chi connectivity index (χ3v) is 5.35. The summed E-state index contributed by atoms with van der Waals surface area (Å²) in [6.45, 7) is 0. The lowest BCUT2D eigenvalue weighted by Crippen LogP contribution is -2.13. The normalized spacial score (nSPS) is 12.2. The number of benzene rings is 2. The Kier molecular flexibility index (Phi) is 4.96. The number of methoxy groups -OCH3 is 2. The molecule has 0 saturated heterocycles. The van der Waals surface area contributed by atoms with Crippen LogP contribution in [0.25, 0.3) is 16.4 Å². The van der Waals surface area contributed by atoms with Crippen LogP contribution in [0.4, 0.5) is 5.69 Å². The van der Waals surface area contributed by atoms with Gasteiger partial charge in [-0.05, 0) is 29.8 Å². The number of ether oxygens (including phenoxy) is 2. The zero-order valence-electron chi connectivity index (χ0n) is 17.4. The van der Waals surface area contributed by atoms with Gasteiger partial charge in [0.25, 0.3) is 0 Å².